The molecule has 0 bridgehead atoms. The number of nitrogens with zero attached hydrogens (tertiary/aromatic N) is 2. The number of anilines is 1. The van der Waals surface area contributed by atoms with E-state index in [1.54, 1.807) is 14.2 Å². The summed E-state index contributed by atoms with van der Waals surface area (Å²) in [4.78, 5) is 15.9. The van der Waals surface area contributed by atoms with Crippen molar-refractivity contribution >= 4 is 11.7 Å². The minimum atomic E-state index is -0.275. The molecule has 1 aliphatic carbocycles. The lowest BCUT2D eigenvalue weighted by molar-refractivity contribution is -0.139. The summed E-state index contributed by atoms with van der Waals surface area (Å²) in [6.45, 7) is 3.41. The van der Waals surface area contributed by atoms with E-state index in [1.807, 2.05) is 29.3 Å². The van der Waals surface area contributed by atoms with Gasteiger partial charge in [0.2, 0.25) is 6.67 Å². The van der Waals surface area contributed by atoms with Crippen LogP contribution in [0, 0.1) is 6.67 Å². The SMILES string of the molecule is COC(=O)CC1=CN(C2CCCCC2)[C]N1c1cc(OC)cc(OC)c1. The molecule has 2 radical (unpaired) electrons. The summed E-state index contributed by atoms with van der Waals surface area (Å²) >= 11 is 0. The Bertz CT molecular complexity index is 646. The molecule has 140 valence electrons. The predicted molar refractivity (Wildman–Crippen MR) is 98.7 cm³/mol. The third-order valence-electron chi connectivity index (χ3n) is 4.91. The Labute approximate surface area is 155 Å². The van der Waals surface area contributed by atoms with Gasteiger partial charge < -0.3 is 24.0 Å². The van der Waals surface area contributed by atoms with Crippen LogP contribution in [0.3, 0.4) is 0 Å². The molecule has 0 atom stereocenters. The minimum absolute atomic E-state index is 0.187. The third-order valence-corrected chi connectivity index (χ3v) is 4.91. The molecule has 1 aliphatic heterocycles. The van der Waals surface area contributed by atoms with E-state index >= 15 is 0 Å². The highest BCUT2D eigenvalue weighted by Crippen LogP contribution is 2.37. The van der Waals surface area contributed by atoms with E-state index in [9.17, 15) is 4.79 Å². The lowest BCUT2D eigenvalue weighted by Crippen LogP contribution is -2.31. The van der Waals surface area contributed by atoms with Gasteiger partial charge in [0.1, 0.15) is 11.5 Å². The molecule has 6 heteroatoms. The molecule has 0 aromatic heterocycles. The number of carbonyl (C=O) groups excluding carboxylic acids is 1. The number of carbonyl (C=O) groups is 1. The summed E-state index contributed by atoms with van der Waals surface area (Å²) in [5, 5.41) is 0. The Morgan fingerprint density at radius 1 is 1.08 bits per heavy atom. The summed E-state index contributed by atoms with van der Waals surface area (Å²) in [5.74, 6) is 1.10. The predicted octanol–water partition coefficient (Wildman–Crippen LogP) is 3.56. The van der Waals surface area contributed by atoms with Crippen LogP contribution in [0.4, 0.5) is 5.69 Å². The van der Waals surface area contributed by atoms with Crippen molar-refractivity contribution in [3.63, 3.8) is 0 Å². The molecule has 0 N–H and O–H groups in total. The maximum absolute atomic E-state index is 11.9. The van der Waals surface area contributed by atoms with Gasteiger partial charge in [-0.2, -0.15) is 0 Å². The van der Waals surface area contributed by atoms with Crippen LogP contribution >= 0.6 is 0 Å². The van der Waals surface area contributed by atoms with Gasteiger partial charge in [-0.1, -0.05) is 19.3 Å². The zero-order valence-corrected chi connectivity index (χ0v) is 15.7. The van der Waals surface area contributed by atoms with Crippen LogP contribution in [0.2, 0.25) is 0 Å². The van der Waals surface area contributed by atoms with Crippen molar-refractivity contribution in [3.8, 4) is 11.5 Å². The quantitative estimate of drug-likeness (QED) is 0.725. The van der Waals surface area contributed by atoms with E-state index in [0.29, 0.717) is 17.5 Å². The van der Waals surface area contributed by atoms with Crippen LogP contribution in [-0.2, 0) is 9.53 Å². The number of hydrogen-bond acceptors (Lipinski definition) is 6. The Balaban J connectivity index is 1.88. The second kappa shape index (κ2) is 8.34. The molecule has 0 spiro atoms. The molecule has 0 saturated heterocycles. The number of ether oxygens (including phenoxy) is 3. The van der Waals surface area contributed by atoms with Crippen LogP contribution < -0.4 is 14.4 Å². The largest absolute Gasteiger partial charge is 0.497 e. The smallest absolute Gasteiger partial charge is 0.311 e. The first kappa shape index (κ1) is 18.4. The fraction of sp³-hybridized carbons (Fsp3) is 0.500. The van der Waals surface area contributed by atoms with Gasteiger partial charge in [0.05, 0.1) is 33.4 Å². The zero-order chi connectivity index (χ0) is 18.5. The molecule has 1 aromatic rings. The highest BCUT2D eigenvalue weighted by molar-refractivity contribution is 5.75. The summed E-state index contributed by atoms with van der Waals surface area (Å²) < 4.78 is 15.6. The molecule has 1 heterocycles. The summed E-state index contributed by atoms with van der Waals surface area (Å²) in [6, 6.07) is 6.06. The van der Waals surface area contributed by atoms with Gasteiger partial charge in [-0.3, -0.25) is 4.79 Å². The van der Waals surface area contributed by atoms with E-state index in [1.165, 1.54) is 26.4 Å². The Morgan fingerprint density at radius 2 is 1.73 bits per heavy atom. The average molecular weight is 358 g/mol. The van der Waals surface area contributed by atoms with Gasteiger partial charge in [-0.25, -0.2) is 0 Å². The van der Waals surface area contributed by atoms with E-state index in [2.05, 4.69) is 11.6 Å². The number of esters is 1. The second-order valence-electron chi connectivity index (χ2n) is 6.58. The standard InChI is InChI=1S/C20H26N2O4/c1-24-18-9-16(10-19(12-18)25-2)22-14-21(15-7-5-4-6-8-15)13-17(22)11-20(23)26-3/h9-10,12-13,15H,4-8,11H2,1-3H3. The zero-order valence-electron chi connectivity index (χ0n) is 15.7. The summed E-state index contributed by atoms with van der Waals surface area (Å²) in [7, 11) is 4.65. The van der Waals surface area contributed by atoms with E-state index < -0.39 is 0 Å². The molecule has 0 unspecified atom stereocenters. The van der Waals surface area contributed by atoms with Gasteiger partial charge in [0, 0.05) is 36.1 Å². The van der Waals surface area contributed by atoms with Crippen molar-refractivity contribution in [2.75, 3.05) is 26.2 Å². The fourth-order valence-corrected chi connectivity index (χ4v) is 3.46. The van der Waals surface area contributed by atoms with Crippen molar-refractivity contribution in [1.29, 1.82) is 0 Å². The molecule has 1 fully saturated rings. The number of benzene rings is 1. The summed E-state index contributed by atoms with van der Waals surface area (Å²) in [5.41, 5.74) is 1.67. The molecule has 0 amide bonds. The second-order valence-corrected chi connectivity index (χ2v) is 6.58. The van der Waals surface area contributed by atoms with Crippen LogP contribution in [0.25, 0.3) is 0 Å². The van der Waals surface area contributed by atoms with Gasteiger partial charge in [0.25, 0.3) is 0 Å². The lowest BCUT2D eigenvalue weighted by atomic mass is 9.95. The van der Waals surface area contributed by atoms with Crippen LogP contribution in [0.1, 0.15) is 38.5 Å². The minimum Gasteiger partial charge on any atom is -0.497 e. The number of rotatable bonds is 6. The average Bonchev–Trinajstić information content (AvgIpc) is 3.11. The van der Waals surface area contributed by atoms with Crippen molar-refractivity contribution in [3.05, 3.63) is 36.8 Å². The van der Waals surface area contributed by atoms with Crippen LogP contribution in [-0.4, -0.2) is 38.2 Å². The van der Waals surface area contributed by atoms with Crippen molar-refractivity contribution in [2.24, 2.45) is 0 Å². The van der Waals surface area contributed by atoms with Gasteiger partial charge >= 0.3 is 5.97 Å². The Morgan fingerprint density at radius 3 is 2.31 bits per heavy atom. The number of hydrogen-bond donors (Lipinski definition) is 0. The molecular formula is C20H26N2O4. The van der Waals surface area contributed by atoms with E-state index in [4.69, 9.17) is 14.2 Å². The van der Waals surface area contributed by atoms with Crippen molar-refractivity contribution in [2.45, 2.75) is 44.6 Å². The normalized spacial score (nSPS) is 17.9. The summed E-state index contributed by atoms with van der Waals surface area (Å²) in [6.07, 6.45) is 8.24. The molecule has 6 nitrogen and oxygen atoms in total. The molecular weight excluding hydrogens is 332 g/mol. The third kappa shape index (κ3) is 4.06. The van der Waals surface area contributed by atoms with Crippen LogP contribution in [0.15, 0.2) is 30.1 Å². The Kier molecular flexibility index (Phi) is 5.91. The first-order chi connectivity index (χ1) is 12.6. The number of methoxy groups -OCH3 is 3. The van der Waals surface area contributed by atoms with Gasteiger partial charge in [-0.05, 0) is 12.8 Å². The first-order valence-corrected chi connectivity index (χ1v) is 9.00. The lowest BCUT2D eigenvalue weighted by Gasteiger charge is -2.31. The first-order valence-electron chi connectivity index (χ1n) is 9.00. The fourth-order valence-electron chi connectivity index (χ4n) is 3.46. The monoisotopic (exact) mass is 358 g/mol. The highest BCUT2D eigenvalue weighted by Gasteiger charge is 2.31. The maximum atomic E-state index is 11.9. The van der Waals surface area contributed by atoms with Crippen molar-refractivity contribution in [1.82, 2.24) is 4.90 Å². The van der Waals surface area contributed by atoms with E-state index in [-0.39, 0.29) is 12.4 Å². The van der Waals surface area contributed by atoms with Gasteiger partial charge in [-0.15, -0.1) is 0 Å². The van der Waals surface area contributed by atoms with Crippen LogP contribution in [0.5, 0.6) is 11.5 Å². The molecule has 2 aliphatic rings. The van der Waals surface area contributed by atoms with Gasteiger partial charge in [0.15, 0.2) is 0 Å². The highest BCUT2D eigenvalue weighted by atomic mass is 16.5. The maximum Gasteiger partial charge on any atom is 0.311 e. The molecule has 26 heavy (non-hydrogen) atoms. The van der Waals surface area contributed by atoms with Crippen molar-refractivity contribution < 1.29 is 19.0 Å². The molecule has 3 rings (SSSR count). The Hall–Kier alpha value is -2.37. The molecule has 1 saturated carbocycles. The molecule has 1 aromatic carbocycles. The van der Waals surface area contributed by atoms with E-state index in [0.717, 1.165) is 24.2 Å². The topological polar surface area (TPSA) is 51.2 Å².